The van der Waals surface area contributed by atoms with Crippen LogP contribution in [0.2, 0.25) is 0 Å². The number of ether oxygens (including phenoxy) is 1. The molecule has 0 radical (unpaired) electrons. The maximum absolute atomic E-state index is 12.2. The number of benzene rings is 2. The van der Waals surface area contributed by atoms with Gasteiger partial charge in [-0.25, -0.2) is 0 Å². The van der Waals surface area contributed by atoms with Crippen molar-refractivity contribution in [2.24, 2.45) is 5.92 Å². The fraction of sp³-hybridized carbons (Fsp3) is 0.375. The molecule has 0 aliphatic rings. The van der Waals surface area contributed by atoms with E-state index < -0.39 is 5.97 Å². The molecule has 0 saturated carbocycles. The Balaban J connectivity index is 0. The molecule has 2 aromatic carbocycles. The molecule has 0 aliphatic heterocycles. The molecule has 2 rings (SSSR count). The van der Waals surface area contributed by atoms with Crippen LogP contribution in [0.15, 0.2) is 54.6 Å². The van der Waals surface area contributed by atoms with Crippen molar-refractivity contribution >= 4 is 55.6 Å². The van der Waals surface area contributed by atoms with Crippen LogP contribution in [0.1, 0.15) is 41.5 Å². The van der Waals surface area contributed by atoms with Crippen LogP contribution in [0, 0.1) is 5.92 Å². The molecule has 0 aromatic heterocycles. The zero-order valence-electron chi connectivity index (χ0n) is 20.2. The van der Waals surface area contributed by atoms with E-state index in [1.165, 1.54) is 0 Å². The fourth-order valence-electron chi connectivity index (χ4n) is 3.27. The number of nitrogens with one attached hydrogen (secondary N) is 1. The zero-order chi connectivity index (χ0) is 21.9. The van der Waals surface area contributed by atoms with Crippen molar-refractivity contribution in [2.75, 3.05) is 6.61 Å². The third kappa shape index (κ3) is 9.85. The summed E-state index contributed by atoms with van der Waals surface area (Å²) < 4.78 is 5.07. The van der Waals surface area contributed by atoms with Crippen LogP contribution in [-0.4, -0.2) is 73.3 Å². The minimum atomic E-state index is -1.02. The topological polar surface area (TPSA) is 92.7 Å². The summed E-state index contributed by atoms with van der Waals surface area (Å²) in [6, 6.07) is 17.8. The third-order valence-electron chi connectivity index (χ3n) is 4.80. The van der Waals surface area contributed by atoms with Gasteiger partial charge in [0.25, 0.3) is 0 Å². The first-order valence-electron chi connectivity index (χ1n) is 10.2. The summed E-state index contributed by atoms with van der Waals surface area (Å²) in [6.07, 6.45) is 0.639. The van der Waals surface area contributed by atoms with Crippen molar-refractivity contribution in [1.82, 2.24) is 5.32 Å². The molecule has 2 atom stereocenters. The first-order valence-corrected chi connectivity index (χ1v) is 10.2. The SMILES string of the molecule is CCOC(=O)[C@H](C)C[C@@H](Cc1ccc(-c2ccccc2)cc1)NC(=O)CCC(=O)O.[Ca+2].[H-].[H-]. The molecular formula is C24H31CaNO5. The van der Waals surface area contributed by atoms with Crippen LogP contribution in [-0.2, 0) is 25.5 Å². The maximum atomic E-state index is 12.2. The van der Waals surface area contributed by atoms with E-state index in [1.807, 2.05) is 54.6 Å². The number of esters is 1. The van der Waals surface area contributed by atoms with Crippen molar-refractivity contribution in [2.45, 2.75) is 45.6 Å². The summed E-state index contributed by atoms with van der Waals surface area (Å²) in [5.74, 6) is -2.03. The van der Waals surface area contributed by atoms with Gasteiger partial charge in [0.05, 0.1) is 18.9 Å². The number of amides is 1. The van der Waals surface area contributed by atoms with Gasteiger partial charge in [-0.3, -0.25) is 14.4 Å². The molecule has 2 N–H and O–H groups in total. The number of rotatable bonds is 11. The van der Waals surface area contributed by atoms with E-state index in [-0.39, 0.29) is 77.3 Å². The number of carbonyl (C=O) groups is 3. The van der Waals surface area contributed by atoms with Gasteiger partial charge in [-0.1, -0.05) is 61.5 Å². The van der Waals surface area contributed by atoms with E-state index in [0.717, 1.165) is 16.7 Å². The number of hydrogen-bond acceptors (Lipinski definition) is 4. The van der Waals surface area contributed by atoms with Gasteiger partial charge in [0, 0.05) is 12.5 Å². The second kappa shape index (κ2) is 14.2. The van der Waals surface area contributed by atoms with Crippen LogP contribution in [0.25, 0.3) is 11.1 Å². The summed E-state index contributed by atoms with van der Waals surface area (Å²) >= 11 is 0. The van der Waals surface area contributed by atoms with Crippen LogP contribution in [0.3, 0.4) is 0 Å². The first-order chi connectivity index (χ1) is 14.4. The van der Waals surface area contributed by atoms with Gasteiger partial charge in [0.1, 0.15) is 0 Å². The summed E-state index contributed by atoms with van der Waals surface area (Å²) in [5, 5.41) is 11.7. The van der Waals surface area contributed by atoms with Crippen molar-refractivity contribution in [3.8, 4) is 11.1 Å². The van der Waals surface area contributed by atoms with Crippen LogP contribution in [0.4, 0.5) is 0 Å². The summed E-state index contributed by atoms with van der Waals surface area (Å²) in [6.45, 7) is 3.83. The van der Waals surface area contributed by atoms with Crippen LogP contribution < -0.4 is 5.32 Å². The number of carbonyl (C=O) groups excluding carboxylic acids is 2. The molecule has 0 aliphatic carbocycles. The minimum absolute atomic E-state index is 0. The van der Waals surface area contributed by atoms with E-state index >= 15 is 0 Å². The molecule has 0 heterocycles. The van der Waals surface area contributed by atoms with E-state index in [1.54, 1.807) is 13.8 Å². The predicted octanol–water partition coefficient (Wildman–Crippen LogP) is 3.68. The molecule has 31 heavy (non-hydrogen) atoms. The van der Waals surface area contributed by atoms with Gasteiger partial charge >= 0.3 is 49.7 Å². The largest absolute Gasteiger partial charge is 2.00 e. The van der Waals surface area contributed by atoms with Gasteiger partial charge in [0.2, 0.25) is 5.91 Å². The quantitative estimate of drug-likeness (QED) is 0.400. The van der Waals surface area contributed by atoms with E-state index in [4.69, 9.17) is 9.84 Å². The van der Waals surface area contributed by atoms with Gasteiger partial charge in [-0.05, 0) is 36.5 Å². The third-order valence-corrected chi connectivity index (χ3v) is 4.80. The van der Waals surface area contributed by atoms with Crippen LogP contribution >= 0.6 is 0 Å². The van der Waals surface area contributed by atoms with Crippen molar-refractivity contribution in [1.29, 1.82) is 0 Å². The number of aliphatic carboxylic acids is 1. The molecule has 2 aromatic rings. The second-order valence-electron chi connectivity index (χ2n) is 7.31. The Bertz CT molecular complexity index is 850. The van der Waals surface area contributed by atoms with Gasteiger partial charge in [0.15, 0.2) is 0 Å². The normalized spacial score (nSPS) is 12.2. The van der Waals surface area contributed by atoms with Crippen LogP contribution in [0.5, 0.6) is 0 Å². The Kier molecular flexibility index (Phi) is 12.5. The zero-order valence-corrected chi connectivity index (χ0v) is 20.4. The molecule has 0 unspecified atom stereocenters. The number of hydrogen-bond donors (Lipinski definition) is 2. The Labute approximate surface area is 216 Å². The molecule has 1 amide bonds. The molecule has 164 valence electrons. The first kappa shape index (κ1) is 27.1. The van der Waals surface area contributed by atoms with Crippen molar-refractivity contribution in [3.05, 3.63) is 60.2 Å². The summed E-state index contributed by atoms with van der Waals surface area (Å²) in [7, 11) is 0. The second-order valence-corrected chi connectivity index (χ2v) is 7.31. The average Bonchev–Trinajstić information content (AvgIpc) is 2.73. The molecule has 0 fully saturated rings. The molecule has 0 saturated heterocycles. The molecular weight excluding hydrogens is 422 g/mol. The molecule has 7 heteroatoms. The van der Waals surface area contributed by atoms with Crippen molar-refractivity contribution in [3.63, 3.8) is 0 Å². The van der Waals surface area contributed by atoms with E-state index in [0.29, 0.717) is 19.4 Å². The number of carboxylic acids is 1. The van der Waals surface area contributed by atoms with Gasteiger partial charge < -0.3 is 18.0 Å². The smallest absolute Gasteiger partial charge is 1.00 e. The molecule has 0 bridgehead atoms. The van der Waals surface area contributed by atoms with E-state index in [2.05, 4.69) is 5.32 Å². The number of carboxylic acid groups (broad SMARTS) is 1. The molecule has 0 spiro atoms. The Morgan fingerprint density at radius 3 is 2.19 bits per heavy atom. The van der Waals surface area contributed by atoms with E-state index in [9.17, 15) is 14.4 Å². The Hall–Kier alpha value is -1.89. The maximum Gasteiger partial charge on any atom is 2.00 e. The fourth-order valence-corrected chi connectivity index (χ4v) is 3.27. The summed E-state index contributed by atoms with van der Waals surface area (Å²) in [5.41, 5.74) is 3.24. The average molecular weight is 454 g/mol. The monoisotopic (exact) mass is 453 g/mol. The Morgan fingerprint density at radius 2 is 1.61 bits per heavy atom. The molecule has 6 nitrogen and oxygen atoms in total. The predicted molar refractivity (Wildman–Crippen MR) is 123 cm³/mol. The van der Waals surface area contributed by atoms with Gasteiger partial charge in [-0.15, -0.1) is 0 Å². The Morgan fingerprint density at radius 1 is 1.00 bits per heavy atom. The standard InChI is InChI=1S/C24H29NO5.Ca.2H/c1-3-30-24(29)17(2)15-21(25-22(26)13-14-23(27)28)16-18-9-11-20(12-10-18)19-7-5-4-6-8-19;;;/h4-12,17,21H,3,13-16H2,1-2H3,(H,25,26)(H,27,28);;;/q;+2;2*-1/t17-,21+;;;/m1.../s1. The van der Waals surface area contributed by atoms with Crippen molar-refractivity contribution < 1.29 is 27.1 Å². The summed E-state index contributed by atoms with van der Waals surface area (Å²) in [4.78, 5) is 34.9. The van der Waals surface area contributed by atoms with Gasteiger partial charge in [-0.2, -0.15) is 0 Å². The minimum Gasteiger partial charge on any atom is -1.00 e.